The molecule has 19 heavy (non-hydrogen) atoms. The van der Waals surface area contributed by atoms with Gasteiger partial charge in [0.15, 0.2) is 6.29 Å². The molecule has 112 valence electrons. The van der Waals surface area contributed by atoms with E-state index in [2.05, 4.69) is 5.32 Å². The maximum atomic E-state index is 11.3. The second-order valence-electron chi connectivity index (χ2n) is 4.36. The van der Waals surface area contributed by atoms with E-state index >= 15 is 0 Å². The van der Waals surface area contributed by atoms with Crippen molar-refractivity contribution >= 4 is 5.91 Å². The van der Waals surface area contributed by atoms with Crippen molar-refractivity contribution in [3.05, 3.63) is 0 Å². The molecule has 0 spiro atoms. The summed E-state index contributed by atoms with van der Waals surface area (Å²) in [6.45, 7) is 1.79. The lowest BCUT2D eigenvalue weighted by atomic mass is 9.96. The summed E-state index contributed by atoms with van der Waals surface area (Å²) >= 11 is 0. The molecule has 1 fully saturated rings. The van der Waals surface area contributed by atoms with Crippen molar-refractivity contribution in [1.82, 2.24) is 5.32 Å². The second kappa shape index (κ2) is 7.76. The van der Waals surface area contributed by atoms with Gasteiger partial charge in [0.1, 0.15) is 24.4 Å². The Balaban J connectivity index is 2.92. The normalized spacial score (nSPS) is 35.1. The molecule has 7 nitrogen and oxygen atoms in total. The highest BCUT2D eigenvalue weighted by Gasteiger charge is 2.47. The summed E-state index contributed by atoms with van der Waals surface area (Å²) in [5, 5.41) is 2.78. The highest BCUT2D eigenvalue weighted by atomic mass is 16.7. The molecular weight excluding hydrogens is 254 g/mol. The number of hydrogen-bond acceptors (Lipinski definition) is 6. The van der Waals surface area contributed by atoms with Gasteiger partial charge < -0.3 is 29.0 Å². The minimum Gasteiger partial charge on any atom is -0.382 e. The van der Waals surface area contributed by atoms with Crippen molar-refractivity contribution in [3.63, 3.8) is 0 Å². The van der Waals surface area contributed by atoms with E-state index in [1.807, 2.05) is 0 Å². The third kappa shape index (κ3) is 3.87. The van der Waals surface area contributed by atoms with Crippen LogP contribution in [0.5, 0.6) is 0 Å². The highest BCUT2D eigenvalue weighted by molar-refractivity contribution is 5.73. The SMILES string of the molecule is COC[C@H]1O[C@@H](OC)[C@@H](NC(C)=O)[C@@H](OC)[C@@H]1OC. The molecular formula is C12H23NO6. The van der Waals surface area contributed by atoms with Gasteiger partial charge in [0.25, 0.3) is 0 Å². The smallest absolute Gasteiger partial charge is 0.217 e. The van der Waals surface area contributed by atoms with Crippen LogP contribution in [-0.2, 0) is 28.5 Å². The quantitative estimate of drug-likeness (QED) is 0.708. The zero-order chi connectivity index (χ0) is 14.4. The van der Waals surface area contributed by atoms with Crippen molar-refractivity contribution in [3.8, 4) is 0 Å². The average molecular weight is 277 g/mol. The molecule has 1 aliphatic heterocycles. The van der Waals surface area contributed by atoms with Crippen LogP contribution in [-0.4, -0.2) is 71.6 Å². The van der Waals surface area contributed by atoms with Crippen LogP contribution in [0.15, 0.2) is 0 Å². The topological polar surface area (TPSA) is 75.2 Å². The van der Waals surface area contributed by atoms with Crippen LogP contribution in [0, 0.1) is 0 Å². The van der Waals surface area contributed by atoms with E-state index in [-0.39, 0.29) is 24.2 Å². The van der Waals surface area contributed by atoms with Crippen LogP contribution in [0.4, 0.5) is 0 Å². The molecule has 1 rings (SSSR count). The van der Waals surface area contributed by atoms with Gasteiger partial charge in [0, 0.05) is 35.4 Å². The van der Waals surface area contributed by atoms with Gasteiger partial charge >= 0.3 is 0 Å². The molecule has 1 saturated heterocycles. The largest absolute Gasteiger partial charge is 0.382 e. The van der Waals surface area contributed by atoms with E-state index in [1.165, 1.54) is 14.0 Å². The Morgan fingerprint density at radius 3 is 2.16 bits per heavy atom. The Labute approximate surface area is 113 Å². The summed E-state index contributed by atoms with van der Waals surface area (Å²) < 4.78 is 27.0. The Morgan fingerprint density at radius 1 is 1.11 bits per heavy atom. The fraction of sp³-hybridized carbons (Fsp3) is 0.917. The highest BCUT2D eigenvalue weighted by Crippen LogP contribution is 2.26. The number of nitrogens with one attached hydrogen (secondary N) is 1. The van der Waals surface area contributed by atoms with Crippen molar-refractivity contribution in [2.75, 3.05) is 35.0 Å². The molecule has 0 bridgehead atoms. The van der Waals surface area contributed by atoms with Gasteiger partial charge in [-0.2, -0.15) is 0 Å². The monoisotopic (exact) mass is 277 g/mol. The van der Waals surface area contributed by atoms with Gasteiger partial charge in [-0.15, -0.1) is 0 Å². The van der Waals surface area contributed by atoms with Crippen LogP contribution >= 0.6 is 0 Å². The van der Waals surface area contributed by atoms with Crippen molar-refractivity contribution in [2.24, 2.45) is 0 Å². The van der Waals surface area contributed by atoms with Gasteiger partial charge in [-0.1, -0.05) is 0 Å². The van der Waals surface area contributed by atoms with Gasteiger partial charge in [0.05, 0.1) is 6.61 Å². The minimum absolute atomic E-state index is 0.183. The summed E-state index contributed by atoms with van der Waals surface area (Å²) in [5.41, 5.74) is 0. The Bertz CT molecular complexity index is 287. The second-order valence-corrected chi connectivity index (χ2v) is 4.36. The van der Waals surface area contributed by atoms with Gasteiger partial charge in [-0.25, -0.2) is 0 Å². The molecule has 1 heterocycles. The summed E-state index contributed by atoms with van der Waals surface area (Å²) in [6.07, 6.45) is -1.67. The summed E-state index contributed by atoms with van der Waals surface area (Å²) in [5.74, 6) is -0.183. The van der Waals surface area contributed by atoms with Crippen LogP contribution in [0.25, 0.3) is 0 Å². The third-order valence-corrected chi connectivity index (χ3v) is 3.12. The lowest BCUT2D eigenvalue weighted by Crippen LogP contribution is -2.65. The maximum Gasteiger partial charge on any atom is 0.217 e. The summed E-state index contributed by atoms with van der Waals surface area (Å²) in [4.78, 5) is 11.3. The van der Waals surface area contributed by atoms with Crippen LogP contribution in [0.2, 0.25) is 0 Å². The first kappa shape index (κ1) is 16.3. The van der Waals surface area contributed by atoms with Gasteiger partial charge in [-0.3, -0.25) is 4.79 Å². The fourth-order valence-electron chi connectivity index (χ4n) is 2.36. The lowest BCUT2D eigenvalue weighted by Gasteiger charge is -2.44. The van der Waals surface area contributed by atoms with Gasteiger partial charge in [-0.05, 0) is 0 Å². The van der Waals surface area contributed by atoms with Crippen LogP contribution < -0.4 is 5.32 Å². The van der Waals surface area contributed by atoms with E-state index in [1.54, 1.807) is 21.3 Å². The maximum absolute atomic E-state index is 11.3. The summed E-state index contributed by atoms with van der Waals surface area (Å²) in [6, 6.07) is -0.439. The Kier molecular flexibility index (Phi) is 6.67. The molecule has 1 aliphatic rings. The number of methoxy groups -OCH3 is 4. The van der Waals surface area contributed by atoms with Crippen LogP contribution in [0.1, 0.15) is 6.92 Å². The molecule has 0 aromatic rings. The minimum atomic E-state index is -0.611. The zero-order valence-corrected chi connectivity index (χ0v) is 12.0. The first-order chi connectivity index (χ1) is 9.08. The van der Waals surface area contributed by atoms with Crippen LogP contribution in [0.3, 0.4) is 0 Å². The van der Waals surface area contributed by atoms with E-state index in [0.717, 1.165) is 0 Å². The average Bonchev–Trinajstić information content (AvgIpc) is 2.38. The fourth-order valence-corrected chi connectivity index (χ4v) is 2.36. The molecule has 0 aliphatic carbocycles. The molecule has 0 unspecified atom stereocenters. The number of rotatable bonds is 6. The Morgan fingerprint density at radius 2 is 1.74 bits per heavy atom. The number of ether oxygens (including phenoxy) is 5. The van der Waals surface area contributed by atoms with E-state index in [0.29, 0.717) is 6.61 Å². The first-order valence-electron chi connectivity index (χ1n) is 6.08. The third-order valence-electron chi connectivity index (χ3n) is 3.12. The molecule has 1 amide bonds. The number of carbonyl (C=O) groups excluding carboxylic acids is 1. The number of carbonyl (C=O) groups is 1. The van der Waals surface area contributed by atoms with E-state index < -0.39 is 12.3 Å². The van der Waals surface area contributed by atoms with Gasteiger partial charge in [0.2, 0.25) is 5.91 Å². The zero-order valence-electron chi connectivity index (χ0n) is 12.0. The van der Waals surface area contributed by atoms with Crippen molar-refractivity contribution in [1.29, 1.82) is 0 Å². The lowest BCUT2D eigenvalue weighted by molar-refractivity contribution is -0.272. The molecule has 0 aromatic heterocycles. The molecule has 0 saturated carbocycles. The molecule has 0 aromatic carbocycles. The van der Waals surface area contributed by atoms with E-state index in [9.17, 15) is 4.79 Å². The molecule has 1 N–H and O–H groups in total. The number of amides is 1. The number of hydrogen-bond donors (Lipinski definition) is 1. The van der Waals surface area contributed by atoms with Crippen molar-refractivity contribution < 1.29 is 28.5 Å². The Hall–Kier alpha value is -0.730. The summed E-state index contributed by atoms with van der Waals surface area (Å²) in [7, 11) is 6.23. The molecule has 5 atom stereocenters. The molecule has 0 radical (unpaired) electrons. The standard InChI is InChI=1S/C12H23NO6/c1-7(14)13-9-11(17-4)10(16-3)8(6-15-2)19-12(9)18-5/h8-12H,6H2,1-5H3,(H,13,14)/t8-,9+,10-,11-,12-/m1/s1. The van der Waals surface area contributed by atoms with E-state index in [4.69, 9.17) is 23.7 Å². The predicted octanol–water partition coefficient (Wildman–Crippen LogP) is -0.461. The molecule has 7 heteroatoms. The van der Waals surface area contributed by atoms with Crippen molar-refractivity contribution in [2.45, 2.75) is 37.6 Å². The predicted molar refractivity (Wildman–Crippen MR) is 66.7 cm³/mol. The first-order valence-corrected chi connectivity index (χ1v) is 6.08.